The molecule has 1 atom stereocenters. The summed E-state index contributed by atoms with van der Waals surface area (Å²) in [6, 6.07) is 50.3. The Morgan fingerprint density at radius 1 is 0.514 bits per heavy atom. The minimum absolute atomic E-state index is 0.0398. The summed E-state index contributed by atoms with van der Waals surface area (Å²) < 4.78 is 87.8. The molecule has 0 saturated carbocycles. The third-order valence-corrected chi connectivity index (χ3v) is 13.2. The van der Waals surface area contributed by atoms with Crippen LogP contribution in [0.15, 0.2) is 206 Å². The van der Waals surface area contributed by atoms with Crippen molar-refractivity contribution in [3.8, 4) is 33.9 Å². The number of benzene rings is 7. The summed E-state index contributed by atoms with van der Waals surface area (Å²) in [5.74, 6) is 1.31. The fourth-order valence-corrected chi connectivity index (χ4v) is 10.1. The number of alkyl halides is 6. The molecule has 0 spiro atoms. The van der Waals surface area contributed by atoms with Crippen molar-refractivity contribution in [1.29, 1.82) is 0 Å². The molecule has 340 valence electrons. The van der Waals surface area contributed by atoms with Crippen molar-refractivity contribution in [3.05, 3.63) is 234 Å². The first-order valence-corrected chi connectivity index (χ1v) is 22.7. The van der Waals surface area contributed by atoms with Crippen LogP contribution in [-0.4, -0.2) is 25.6 Å². The highest BCUT2D eigenvalue weighted by Crippen LogP contribution is 2.45. The lowest BCUT2D eigenvalue weighted by molar-refractivity contribution is -0.142. The van der Waals surface area contributed by atoms with Gasteiger partial charge in [-0.2, -0.15) is 26.3 Å². The average Bonchev–Trinajstić information content (AvgIpc) is 3.91. The molecule has 1 unspecified atom stereocenters. The molecule has 0 N–H and O–H groups in total. The molecule has 70 heavy (non-hydrogen) atoms. The lowest BCUT2D eigenvalue weighted by atomic mass is 9.92. The van der Waals surface area contributed by atoms with E-state index in [0.717, 1.165) is 72.0 Å². The highest BCUT2D eigenvalue weighted by molar-refractivity contribution is 6.13. The molecule has 0 bridgehead atoms. The minimum Gasteiger partial charge on any atom is -0.330 e. The molecule has 9 aromatic rings. The average molecular weight is 930 g/mol. The Bertz CT molecular complexity index is 3770. The van der Waals surface area contributed by atoms with Crippen molar-refractivity contribution in [2.45, 2.75) is 24.8 Å². The van der Waals surface area contributed by atoms with Gasteiger partial charge in [-0.05, 0) is 76.0 Å². The largest absolute Gasteiger partial charge is 0.417 e. The maximum atomic E-state index is 14.7. The van der Waals surface area contributed by atoms with E-state index in [1.165, 1.54) is 6.07 Å². The van der Waals surface area contributed by atoms with Gasteiger partial charge in [-0.15, -0.1) is 0 Å². The topological polar surface area (TPSA) is 46.8 Å². The van der Waals surface area contributed by atoms with Gasteiger partial charge in [0, 0.05) is 44.8 Å². The highest BCUT2D eigenvalue weighted by atomic mass is 19.4. The van der Waals surface area contributed by atoms with Crippen molar-refractivity contribution in [1.82, 2.24) is 19.5 Å². The molecular weight excluding hydrogens is 893 g/mol. The minimum atomic E-state index is -5.07. The van der Waals surface area contributed by atoms with Gasteiger partial charge in [0.25, 0.3) is 0 Å². The maximum Gasteiger partial charge on any atom is 0.417 e. The van der Waals surface area contributed by atoms with E-state index < -0.39 is 23.5 Å². The number of halogens is 6. The van der Waals surface area contributed by atoms with Crippen molar-refractivity contribution >= 4 is 55.6 Å². The summed E-state index contributed by atoms with van der Waals surface area (Å²) in [6.07, 6.45) is 2.92. The van der Waals surface area contributed by atoms with Gasteiger partial charge in [0.1, 0.15) is 0 Å². The molecule has 0 amide bonds. The third kappa shape index (κ3) is 7.33. The van der Waals surface area contributed by atoms with Crippen molar-refractivity contribution in [3.63, 3.8) is 0 Å². The molecule has 0 saturated heterocycles. The van der Waals surface area contributed by atoms with Gasteiger partial charge in [-0.3, -0.25) is 0 Å². The van der Waals surface area contributed by atoms with Crippen LogP contribution in [0, 0.1) is 0 Å². The molecular formula is C59H37F6N5. The molecule has 3 aliphatic rings. The number of fused-ring (bicyclic) bond motifs is 5. The van der Waals surface area contributed by atoms with Gasteiger partial charge in [-0.25, -0.2) is 15.0 Å². The Morgan fingerprint density at radius 2 is 1.17 bits per heavy atom. The predicted octanol–water partition coefficient (Wildman–Crippen LogP) is 14.0. The number of hydrogen-bond acceptors (Lipinski definition) is 4. The molecule has 11 heteroatoms. The summed E-state index contributed by atoms with van der Waals surface area (Å²) in [5.41, 5.74) is 5.51. The van der Waals surface area contributed by atoms with Gasteiger partial charge >= 0.3 is 12.4 Å². The van der Waals surface area contributed by atoms with Crippen LogP contribution in [-0.2, 0) is 12.4 Å². The van der Waals surface area contributed by atoms with Crippen LogP contribution >= 0.6 is 0 Å². The zero-order chi connectivity index (χ0) is 47.7. The predicted molar refractivity (Wildman–Crippen MR) is 266 cm³/mol. The van der Waals surface area contributed by atoms with E-state index in [2.05, 4.69) is 65.6 Å². The quantitative estimate of drug-likeness (QED) is 0.156. The Morgan fingerprint density at radius 3 is 1.87 bits per heavy atom. The first-order chi connectivity index (χ1) is 34.0. The van der Waals surface area contributed by atoms with Crippen molar-refractivity contribution in [2.24, 2.45) is 0 Å². The fraction of sp³-hybridized carbons (Fsp3) is 0.0678. The molecule has 5 nitrogen and oxygen atoms in total. The summed E-state index contributed by atoms with van der Waals surface area (Å²) >= 11 is 0. The molecule has 3 heterocycles. The Hall–Kier alpha value is -8.57. The van der Waals surface area contributed by atoms with Crippen LogP contribution in [0.4, 0.5) is 37.7 Å². The molecule has 1 aliphatic heterocycles. The summed E-state index contributed by atoms with van der Waals surface area (Å²) in [6.45, 7) is 0. The Labute approximate surface area is 397 Å². The molecule has 7 aromatic carbocycles. The molecule has 12 rings (SSSR count). The highest BCUT2D eigenvalue weighted by Gasteiger charge is 2.39. The van der Waals surface area contributed by atoms with Gasteiger partial charge in [0.15, 0.2) is 17.5 Å². The number of aromatic nitrogens is 4. The van der Waals surface area contributed by atoms with E-state index in [1.807, 2.05) is 114 Å². The lowest BCUT2D eigenvalue weighted by Gasteiger charge is -2.28. The van der Waals surface area contributed by atoms with Crippen molar-refractivity contribution in [2.75, 3.05) is 4.90 Å². The lowest BCUT2D eigenvalue weighted by Crippen LogP contribution is -2.29. The van der Waals surface area contributed by atoms with Gasteiger partial charge < -0.3 is 9.47 Å². The Balaban J connectivity index is 1.15. The maximum absolute atomic E-state index is 14.7. The van der Waals surface area contributed by atoms with E-state index in [-0.39, 0.29) is 23.2 Å². The van der Waals surface area contributed by atoms with Crippen LogP contribution in [0.2, 0.25) is 0 Å². The van der Waals surface area contributed by atoms with Crippen molar-refractivity contribution < 1.29 is 26.3 Å². The molecule has 2 aliphatic carbocycles. The summed E-state index contributed by atoms with van der Waals surface area (Å²) in [5, 5.41) is 3.69. The number of rotatable bonds is 6. The second-order valence-corrected chi connectivity index (χ2v) is 17.3. The van der Waals surface area contributed by atoms with E-state index in [1.54, 1.807) is 12.1 Å². The van der Waals surface area contributed by atoms with Gasteiger partial charge in [0.2, 0.25) is 0 Å². The standard InChI is InChI=1S/C59H37F6N5/c60-58(61,62)40-29-31-42(48(35-40)59(63,64)65)39-27-30-45-44-21-10-12-24-49(44)70(53(45)34-39)51-32-28-38(43-23-14-26-52-54(43)46-22-11-13-25-50(46)69(52)41-19-8-3-9-20-41)33-47(51)57-67-55(36-15-4-1-5-16-36)66-56(68-57)37-17-6-2-7-18-37/h1-32,34-35,50H,33H2. The van der Waals surface area contributed by atoms with Crippen LogP contribution in [0.5, 0.6) is 0 Å². The monoisotopic (exact) mass is 929 g/mol. The smallest absolute Gasteiger partial charge is 0.330 e. The second-order valence-electron chi connectivity index (χ2n) is 17.3. The van der Waals surface area contributed by atoms with Crippen LogP contribution in [0.25, 0.3) is 78.1 Å². The van der Waals surface area contributed by atoms with Gasteiger partial charge in [0.05, 0.1) is 39.6 Å². The second kappa shape index (κ2) is 16.6. The summed E-state index contributed by atoms with van der Waals surface area (Å²) in [7, 11) is 0. The van der Waals surface area contributed by atoms with Crippen LogP contribution in [0.1, 0.15) is 23.4 Å². The zero-order valence-electron chi connectivity index (χ0n) is 36.9. The molecule has 0 radical (unpaired) electrons. The SMILES string of the molecule is FC(F)(F)c1ccc(-c2ccc3c4ccccc4n(C4=C(c5nc(-c6ccccc6)nc(-c6ccccc6)n5)CC(=c5cccc6c5=C5C=CC=CC5N6c5ccccc5)C=C4)c3c2)c(C(F)(F)F)c1. The number of anilines is 2. The normalized spacial score (nSPS) is 16.4. The molecule has 2 aromatic heterocycles. The van der Waals surface area contributed by atoms with Gasteiger partial charge in [-0.1, -0.05) is 158 Å². The van der Waals surface area contributed by atoms with Crippen LogP contribution < -0.4 is 15.3 Å². The Kier molecular flexibility index (Phi) is 10.1. The number of hydrogen-bond donors (Lipinski definition) is 0. The van der Waals surface area contributed by atoms with E-state index in [4.69, 9.17) is 15.0 Å². The summed E-state index contributed by atoms with van der Waals surface area (Å²) in [4.78, 5) is 17.8. The zero-order valence-corrected chi connectivity index (χ0v) is 36.9. The number of para-hydroxylation sites is 2. The number of allylic oxidation sites excluding steroid dienone is 6. The number of nitrogens with zero attached hydrogens (tertiary/aromatic N) is 5. The van der Waals surface area contributed by atoms with E-state index in [0.29, 0.717) is 41.2 Å². The van der Waals surface area contributed by atoms with E-state index in [9.17, 15) is 26.3 Å². The van der Waals surface area contributed by atoms with E-state index >= 15 is 0 Å². The first-order valence-electron chi connectivity index (χ1n) is 22.7. The molecule has 0 fully saturated rings. The first kappa shape index (κ1) is 42.8. The fourth-order valence-electron chi connectivity index (χ4n) is 10.1. The van der Waals surface area contributed by atoms with Crippen LogP contribution in [0.3, 0.4) is 0 Å². The third-order valence-electron chi connectivity index (χ3n) is 13.2.